The first kappa shape index (κ1) is 55.8. The fraction of sp³-hybridized carbons (Fsp3) is 0.904. The van der Waals surface area contributed by atoms with Crippen molar-refractivity contribution in [2.45, 2.75) is 295 Å². The van der Waals surface area contributed by atoms with E-state index in [1.54, 1.807) is 6.08 Å². The molecule has 4 N–H and O–H groups in total. The predicted octanol–water partition coefficient (Wildman–Crippen LogP) is 15.3. The van der Waals surface area contributed by atoms with Gasteiger partial charge in [-0.3, -0.25) is 4.79 Å². The number of allylic oxidation sites excluding steroid dienone is 3. The SMILES string of the molecule is CCCCCCCCCCCCCC/C=C\CCCCCCCCCCCCCC(O)CC(=O)NC(CO)C(O)/C=C/CCCCCCCCCCCCCCC. The van der Waals surface area contributed by atoms with Crippen molar-refractivity contribution in [3.05, 3.63) is 24.3 Å². The number of aliphatic hydroxyl groups is 3. The minimum Gasteiger partial charge on any atom is -0.394 e. The number of aliphatic hydroxyl groups excluding tert-OH is 3. The van der Waals surface area contributed by atoms with E-state index < -0.39 is 18.2 Å². The summed E-state index contributed by atoms with van der Waals surface area (Å²) < 4.78 is 0. The smallest absolute Gasteiger partial charge is 0.222 e. The Morgan fingerprint density at radius 1 is 0.439 bits per heavy atom. The summed E-state index contributed by atoms with van der Waals surface area (Å²) >= 11 is 0. The van der Waals surface area contributed by atoms with E-state index in [9.17, 15) is 20.1 Å². The minimum atomic E-state index is -0.927. The highest BCUT2D eigenvalue weighted by molar-refractivity contribution is 5.76. The van der Waals surface area contributed by atoms with Gasteiger partial charge in [0.2, 0.25) is 5.91 Å². The second kappa shape index (κ2) is 47.5. The number of unbranched alkanes of at least 4 members (excludes halogenated alkanes) is 36. The van der Waals surface area contributed by atoms with Gasteiger partial charge >= 0.3 is 0 Å². The van der Waals surface area contributed by atoms with Crippen LogP contribution in [0, 0.1) is 0 Å². The Morgan fingerprint density at radius 3 is 1.07 bits per heavy atom. The summed E-state index contributed by atoms with van der Waals surface area (Å²) in [5.74, 6) is -0.313. The zero-order chi connectivity index (χ0) is 41.5. The molecule has 5 nitrogen and oxygen atoms in total. The molecular weight excluding hydrogens is 703 g/mol. The maximum absolute atomic E-state index is 12.5. The maximum Gasteiger partial charge on any atom is 0.222 e. The Kier molecular flexibility index (Phi) is 46.5. The number of hydrogen-bond donors (Lipinski definition) is 4. The van der Waals surface area contributed by atoms with E-state index in [0.29, 0.717) is 6.42 Å². The molecule has 0 aromatic carbocycles. The van der Waals surface area contributed by atoms with Crippen LogP contribution in [0.3, 0.4) is 0 Å². The molecule has 338 valence electrons. The average Bonchev–Trinajstić information content (AvgIpc) is 3.20. The van der Waals surface area contributed by atoms with Gasteiger partial charge in [0.15, 0.2) is 0 Å². The summed E-state index contributed by atoms with van der Waals surface area (Å²) in [5.41, 5.74) is 0. The van der Waals surface area contributed by atoms with Gasteiger partial charge in [-0.15, -0.1) is 0 Å². The minimum absolute atomic E-state index is 0.0155. The fourth-order valence-corrected chi connectivity index (χ4v) is 8.04. The molecule has 0 saturated carbocycles. The molecule has 3 unspecified atom stereocenters. The van der Waals surface area contributed by atoms with Crippen LogP contribution >= 0.6 is 0 Å². The van der Waals surface area contributed by atoms with Crippen molar-refractivity contribution >= 4 is 5.91 Å². The van der Waals surface area contributed by atoms with Gasteiger partial charge in [-0.1, -0.05) is 250 Å². The van der Waals surface area contributed by atoms with E-state index in [1.165, 1.54) is 225 Å². The Hall–Kier alpha value is -1.17. The van der Waals surface area contributed by atoms with E-state index in [2.05, 4.69) is 31.3 Å². The van der Waals surface area contributed by atoms with Gasteiger partial charge in [0.05, 0.1) is 31.3 Å². The number of amides is 1. The first-order valence-corrected chi connectivity index (χ1v) is 25.6. The molecule has 0 fully saturated rings. The number of carbonyl (C=O) groups is 1. The van der Waals surface area contributed by atoms with Gasteiger partial charge in [-0.2, -0.15) is 0 Å². The molecule has 0 heterocycles. The molecule has 3 atom stereocenters. The van der Waals surface area contributed by atoms with Crippen LogP contribution in [-0.2, 0) is 4.79 Å². The van der Waals surface area contributed by atoms with Crippen LogP contribution in [-0.4, -0.2) is 46.1 Å². The fourth-order valence-electron chi connectivity index (χ4n) is 8.04. The summed E-state index contributed by atoms with van der Waals surface area (Å²) in [4.78, 5) is 12.5. The highest BCUT2D eigenvalue weighted by Crippen LogP contribution is 2.16. The van der Waals surface area contributed by atoms with E-state index in [4.69, 9.17) is 0 Å². The summed E-state index contributed by atoms with van der Waals surface area (Å²) in [7, 11) is 0. The largest absolute Gasteiger partial charge is 0.394 e. The van der Waals surface area contributed by atoms with Crippen LogP contribution in [0.15, 0.2) is 24.3 Å². The van der Waals surface area contributed by atoms with Crippen LogP contribution in [0.1, 0.15) is 277 Å². The van der Waals surface area contributed by atoms with E-state index >= 15 is 0 Å². The standard InChI is InChI=1S/C52H101NO4/c1-3-5-7-9-11-13-15-17-19-20-21-22-23-24-25-26-27-28-29-30-32-33-35-37-39-41-43-45-49(55)47-52(57)53-50(48-54)51(56)46-44-42-40-38-36-34-31-18-16-14-12-10-8-6-4-2/h24-25,44,46,49-51,54-56H,3-23,26-43,45,47-48H2,1-2H3,(H,53,57)/b25-24-,46-44+. The van der Waals surface area contributed by atoms with Crippen molar-refractivity contribution in [2.24, 2.45) is 0 Å². The monoisotopic (exact) mass is 804 g/mol. The topological polar surface area (TPSA) is 89.8 Å². The zero-order valence-electron chi connectivity index (χ0n) is 38.5. The lowest BCUT2D eigenvalue weighted by molar-refractivity contribution is -0.124. The third kappa shape index (κ3) is 44.2. The summed E-state index contributed by atoms with van der Waals surface area (Å²) in [6.45, 7) is 4.23. The highest BCUT2D eigenvalue weighted by Gasteiger charge is 2.20. The summed E-state index contributed by atoms with van der Waals surface area (Å²) in [5, 5.41) is 33.3. The lowest BCUT2D eigenvalue weighted by Gasteiger charge is -2.21. The summed E-state index contributed by atoms with van der Waals surface area (Å²) in [6.07, 6.45) is 59.2. The second-order valence-corrected chi connectivity index (χ2v) is 17.8. The van der Waals surface area contributed by atoms with Crippen molar-refractivity contribution in [1.29, 1.82) is 0 Å². The maximum atomic E-state index is 12.5. The molecule has 57 heavy (non-hydrogen) atoms. The molecule has 0 aliphatic rings. The number of rotatable bonds is 47. The van der Waals surface area contributed by atoms with Gasteiger partial charge in [-0.05, 0) is 44.9 Å². The van der Waals surface area contributed by atoms with Gasteiger partial charge in [0.1, 0.15) is 0 Å². The van der Waals surface area contributed by atoms with Gasteiger partial charge in [-0.25, -0.2) is 0 Å². The molecule has 0 aliphatic carbocycles. The Bertz CT molecular complexity index is 844. The van der Waals surface area contributed by atoms with Crippen molar-refractivity contribution < 1.29 is 20.1 Å². The molecule has 0 rings (SSSR count). The third-order valence-electron chi connectivity index (χ3n) is 12.0. The van der Waals surface area contributed by atoms with Crippen molar-refractivity contribution in [2.75, 3.05) is 6.61 Å². The first-order chi connectivity index (χ1) is 28.0. The molecule has 0 bridgehead atoms. The van der Waals surface area contributed by atoms with Gasteiger partial charge in [0.25, 0.3) is 0 Å². The molecular formula is C52H101NO4. The van der Waals surface area contributed by atoms with Crippen LogP contribution in [0.5, 0.6) is 0 Å². The normalized spacial score (nSPS) is 13.6. The van der Waals surface area contributed by atoms with E-state index in [0.717, 1.165) is 25.7 Å². The lowest BCUT2D eigenvalue weighted by atomic mass is 10.0. The van der Waals surface area contributed by atoms with Crippen LogP contribution in [0.2, 0.25) is 0 Å². The second-order valence-electron chi connectivity index (χ2n) is 17.8. The Labute approximate surface area is 356 Å². The van der Waals surface area contributed by atoms with E-state index in [-0.39, 0.29) is 18.9 Å². The number of carbonyl (C=O) groups excluding carboxylic acids is 1. The molecule has 0 aromatic heterocycles. The molecule has 0 aliphatic heterocycles. The van der Waals surface area contributed by atoms with Gasteiger partial charge in [0, 0.05) is 0 Å². The van der Waals surface area contributed by atoms with Crippen molar-refractivity contribution in [3.8, 4) is 0 Å². The van der Waals surface area contributed by atoms with Crippen LogP contribution in [0.4, 0.5) is 0 Å². The van der Waals surface area contributed by atoms with Crippen molar-refractivity contribution in [3.63, 3.8) is 0 Å². The number of nitrogens with one attached hydrogen (secondary N) is 1. The van der Waals surface area contributed by atoms with Gasteiger partial charge < -0.3 is 20.6 Å². The van der Waals surface area contributed by atoms with Crippen LogP contribution in [0.25, 0.3) is 0 Å². The van der Waals surface area contributed by atoms with E-state index in [1.807, 2.05) is 6.08 Å². The number of hydrogen-bond acceptors (Lipinski definition) is 4. The summed E-state index contributed by atoms with van der Waals surface area (Å²) in [6, 6.07) is -0.742. The quantitative estimate of drug-likeness (QED) is 0.0364. The third-order valence-corrected chi connectivity index (χ3v) is 12.0. The molecule has 0 aromatic rings. The molecule has 0 spiro atoms. The molecule has 0 radical (unpaired) electrons. The predicted molar refractivity (Wildman–Crippen MR) is 250 cm³/mol. The molecule has 5 heteroatoms. The highest BCUT2D eigenvalue weighted by atomic mass is 16.3. The lowest BCUT2D eigenvalue weighted by Crippen LogP contribution is -2.45. The Morgan fingerprint density at radius 2 is 0.737 bits per heavy atom. The molecule has 0 saturated heterocycles. The first-order valence-electron chi connectivity index (χ1n) is 25.6. The zero-order valence-corrected chi connectivity index (χ0v) is 38.5. The average molecular weight is 804 g/mol. The van der Waals surface area contributed by atoms with Crippen molar-refractivity contribution in [1.82, 2.24) is 5.32 Å². The Balaban J connectivity index is 3.56. The van der Waals surface area contributed by atoms with Crippen LogP contribution < -0.4 is 5.32 Å². The molecule has 1 amide bonds.